The number of hydrogen-bond donors (Lipinski definition) is 3. The molecule has 2 atom stereocenters. The zero-order valence-corrected chi connectivity index (χ0v) is 12.7. The molecule has 5 nitrogen and oxygen atoms in total. The minimum Gasteiger partial charge on any atom is -0.387 e. The summed E-state index contributed by atoms with van der Waals surface area (Å²) in [4.78, 5) is 9.00. The summed E-state index contributed by atoms with van der Waals surface area (Å²) in [5.41, 5.74) is 3.20. The number of para-hydroxylation sites is 2. The third-order valence-corrected chi connectivity index (χ3v) is 4.00. The zero-order chi connectivity index (χ0) is 15.4. The SMILES string of the molecule is CC1CC(N/C=C(\C=N)c2cnc3ccccc3n2)CCN1. The van der Waals surface area contributed by atoms with Crippen LogP contribution < -0.4 is 10.6 Å². The van der Waals surface area contributed by atoms with Gasteiger partial charge in [0.15, 0.2) is 0 Å². The van der Waals surface area contributed by atoms with Gasteiger partial charge in [-0.15, -0.1) is 0 Å². The summed E-state index contributed by atoms with van der Waals surface area (Å²) in [6, 6.07) is 8.75. The maximum atomic E-state index is 7.65. The Kier molecular flexibility index (Phi) is 4.44. The Morgan fingerprint density at radius 2 is 2.18 bits per heavy atom. The van der Waals surface area contributed by atoms with Gasteiger partial charge in [0, 0.05) is 30.1 Å². The van der Waals surface area contributed by atoms with Gasteiger partial charge in [0.05, 0.1) is 22.9 Å². The van der Waals surface area contributed by atoms with Gasteiger partial charge in [-0.25, -0.2) is 4.98 Å². The van der Waals surface area contributed by atoms with Crippen molar-refractivity contribution >= 4 is 22.8 Å². The molecular weight excluding hydrogens is 274 g/mol. The lowest BCUT2D eigenvalue weighted by molar-refractivity contribution is 0.354. The van der Waals surface area contributed by atoms with Gasteiger partial charge >= 0.3 is 0 Å². The summed E-state index contributed by atoms with van der Waals surface area (Å²) < 4.78 is 0. The molecule has 2 heterocycles. The van der Waals surface area contributed by atoms with Crippen LogP contribution in [0.4, 0.5) is 0 Å². The zero-order valence-electron chi connectivity index (χ0n) is 12.7. The molecule has 1 fully saturated rings. The molecule has 1 aliphatic heterocycles. The molecule has 1 aliphatic rings. The molecule has 0 amide bonds. The van der Waals surface area contributed by atoms with Crippen molar-refractivity contribution in [3.8, 4) is 0 Å². The average molecular weight is 295 g/mol. The smallest absolute Gasteiger partial charge is 0.0922 e. The van der Waals surface area contributed by atoms with Crippen LogP contribution in [0.25, 0.3) is 16.6 Å². The van der Waals surface area contributed by atoms with Crippen LogP contribution in [-0.4, -0.2) is 34.8 Å². The molecule has 0 radical (unpaired) electrons. The molecule has 2 unspecified atom stereocenters. The van der Waals surface area contributed by atoms with Crippen LogP contribution in [0.1, 0.15) is 25.5 Å². The summed E-state index contributed by atoms with van der Waals surface area (Å²) >= 11 is 0. The molecule has 1 saturated heterocycles. The third kappa shape index (κ3) is 3.31. The van der Waals surface area contributed by atoms with Gasteiger partial charge in [-0.2, -0.15) is 0 Å². The van der Waals surface area contributed by atoms with E-state index in [1.807, 2.05) is 30.5 Å². The standard InChI is InChI=1S/C17H21N5/c1-12-8-14(6-7-19-12)20-10-13(9-18)17-11-21-15-4-2-3-5-16(15)22-17/h2-5,9-12,14,18-20H,6-8H2,1H3/b13-10+,18-9?. The molecular formula is C17H21N5. The first-order chi connectivity index (χ1) is 10.8. The van der Waals surface area contributed by atoms with E-state index in [1.165, 1.54) is 6.21 Å². The van der Waals surface area contributed by atoms with E-state index in [-0.39, 0.29) is 0 Å². The first kappa shape index (κ1) is 14.7. The van der Waals surface area contributed by atoms with E-state index in [1.54, 1.807) is 6.20 Å². The Labute approximate surface area is 130 Å². The van der Waals surface area contributed by atoms with Crippen molar-refractivity contribution in [2.75, 3.05) is 6.54 Å². The predicted octanol–water partition coefficient (Wildman–Crippen LogP) is 2.35. The Balaban J connectivity index is 1.79. The summed E-state index contributed by atoms with van der Waals surface area (Å²) in [6.07, 6.45) is 7.14. The molecule has 0 spiro atoms. The number of rotatable bonds is 4. The lowest BCUT2D eigenvalue weighted by Gasteiger charge is -2.28. The molecule has 1 aromatic heterocycles. The first-order valence-corrected chi connectivity index (χ1v) is 7.68. The fourth-order valence-corrected chi connectivity index (χ4v) is 2.78. The van der Waals surface area contributed by atoms with Crippen molar-refractivity contribution in [2.24, 2.45) is 0 Å². The summed E-state index contributed by atoms with van der Waals surface area (Å²) in [7, 11) is 0. The van der Waals surface area contributed by atoms with Gasteiger partial charge in [0.2, 0.25) is 0 Å². The van der Waals surface area contributed by atoms with Crippen molar-refractivity contribution in [3.05, 3.63) is 42.4 Å². The lowest BCUT2D eigenvalue weighted by Crippen LogP contribution is -2.43. The number of nitrogens with zero attached hydrogens (tertiary/aromatic N) is 2. The highest BCUT2D eigenvalue weighted by molar-refractivity contribution is 6.07. The largest absolute Gasteiger partial charge is 0.387 e. The van der Waals surface area contributed by atoms with E-state index < -0.39 is 0 Å². The topological polar surface area (TPSA) is 73.7 Å². The highest BCUT2D eigenvalue weighted by Gasteiger charge is 2.17. The molecule has 1 aromatic carbocycles. The van der Waals surface area contributed by atoms with E-state index in [4.69, 9.17) is 5.41 Å². The minimum atomic E-state index is 0.444. The van der Waals surface area contributed by atoms with Crippen LogP contribution in [0.2, 0.25) is 0 Å². The Morgan fingerprint density at radius 3 is 2.95 bits per heavy atom. The second kappa shape index (κ2) is 6.66. The first-order valence-electron chi connectivity index (χ1n) is 7.68. The molecule has 0 aliphatic carbocycles. The molecule has 2 aromatic rings. The van der Waals surface area contributed by atoms with Crippen LogP contribution >= 0.6 is 0 Å². The van der Waals surface area contributed by atoms with Crippen LogP contribution in [0.3, 0.4) is 0 Å². The molecule has 114 valence electrons. The van der Waals surface area contributed by atoms with Gasteiger partial charge in [-0.1, -0.05) is 12.1 Å². The van der Waals surface area contributed by atoms with E-state index in [0.717, 1.165) is 41.7 Å². The molecule has 5 heteroatoms. The summed E-state index contributed by atoms with van der Waals surface area (Å²) in [6.45, 7) is 3.23. The second-order valence-corrected chi connectivity index (χ2v) is 5.73. The van der Waals surface area contributed by atoms with Crippen molar-refractivity contribution in [3.63, 3.8) is 0 Å². The Bertz CT molecular complexity index is 694. The highest BCUT2D eigenvalue weighted by atomic mass is 15.0. The van der Waals surface area contributed by atoms with Gasteiger partial charge in [-0.05, 0) is 38.4 Å². The fraction of sp³-hybridized carbons (Fsp3) is 0.353. The molecule has 22 heavy (non-hydrogen) atoms. The molecule has 3 N–H and O–H groups in total. The van der Waals surface area contributed by atoms with Crippen molar-refractivity contribution < 1.29 is 0 Å². The van der Waals surface area contributed by atoms with Crippen LogP contribution in [-0.2, 0) is 0 Å². The lowest BCUT2D eigenvalue weighted by atomic mass is 10.0. The number of allylic oxidation sites excluding steroid dienone is 1. The number of aromatic nitrogens is 2. The van der Waals surface area contributed by atoms with E-state index in [2.05, 4.69) is 27.5 Å². The van der Waals surface area contributed by atoms with Crippen LogP contribution in [0, 0.1) is 5.41 Å². The van der Waals surface area contributed by atoms with Crippen molar-refractivity contribution in [1.82, 2.24) is 20.6 Å². The summed E-state index contributed by atoms with van der Waals surface area (Å²) in [5, 5.41) is 14.5. The fourth-order valence-electron chi connectivity index (χ4n) is 2.78. The Morgan fingerprint density at radius 1 is 1.36 bits per heavy atom. The highest BCUT2D eigenvalue weighted by Crippen LogP contribution is 2.14. The normalized spacial score (nSPS) is 22.5. The Hall–Kier alpha value is -2.27. The summed E-state index contributed by atoms with van der Waals surface area (Å²) in [5.74, 6) is 0. The maximum absolute atomic E-state index is 7.65. The minimum absolute atomic E-state index is 0.444. The van der Waals surface area contributed by atoms with Gasteiger partial charge in [0.25, 0.3) is 0 Å². The van der Waals surface area contributed by atoms with E-state index in [9.17, 15) is 0 Å². The third-order valence-electron chi connectivity index (χ3n) is 4.00. The number of hydrogen-bond acceptors (Lipinski definition) is 5. The van der Waals surface area contributed by atoms with Crippen molar-refractivity contribution in [1.29, 1.82) is 5.41 Å². The monoisotopic (exact) mass is 295 g/mol. The molecule has 3 rings (SSSR count). The predicted molar refractivity (Wildman–Crippen MR) is 89.9 cm³/mol. The quantitative estimate of drug-likeness (QED) is 0.757. The number of fused-ring (bicyclic) bond motifs is 1. The second-order valence-electron chi connectivity index (χ2n) is 5.73. The number of piperidine rings is 1. The maximum Gasteiger partial charge on any atom is 0.0922 e. The van der Waals surface area contributed by atoms with Crippen LogP contribution in [0.5, 0.6) is 0 Å². The molecule has 0 saturated carbocycles. The van der Waals surface area contributed by atoms with Crippen molar-refractivity contribution in [2.45, 2.75) is 31.8 Å². The van der Waals surface area contributed by atoms with Crippen LogP contribution in [0.15, 0.2) is 36.7 Å². The van der Waals surface area contributed by atoms with Gasteiger partial charge in [-0.3, -0.25) is 4.98 Å². The number of benzene rings is 1. The van der Waals surface area contributed by atoms with Gasteiger partial charge < -0.3 is 16.0 Å². The van der Waals surface area contributed by atoms with Gasteiger partial charge in [0.1, 0.15) is 0 Å². The molecule has 0 bridgehead atoms. The van der Waals surface area contributed by atoms with E-state index in [0.29, 0.717) is 12.1 Å². The van der Waals surface area contributed by atoms with E-state index >= 15 is 0 Å². The average Bonchev–Trinajstić information content (AvgIpc) is 2.55. The number of nitrogens with one attached hydrogen (secondary N) is 3.